The van der Waals surface area contributed by atoms with Gasteiger partial charge in [0.1, 0.15) is 92.8 Å². The zero-order valence-corrected chi connectivity index (χ0v) is 43.3. The molecule has 0 aromatic heterocycles. The topological polar surface area (TPSA) is 107 Å². The highest BCUT2D eigenvalue weighted by Crippen LogP contribution is 2.36. The third kappa shape index (κ3) is 18.5. The molecule has 0 saturated heterocycles. The minimum absolute atomic E-state index is 0.0258. The largest absolute Gasteiger partial charge is 0.569 e. The summed E-state index contributed by atoms with van der Waals surface area (Å²) in [4.78, 5) is 0. The Labute approximate surface area is 449 Å². The lowest BCUT2D eigenvalue weighted by molar-refractivity contribution is 0.380. The minimum Gasteiger partial charge on any atom is -0.535 e. The van der Waals surface area contributed by atoms with Crippen molar-refractivity contribution in [1.82, 2.24) is 0 Å². The Morgan fingerprint density at radius 1 is 0.408 bits per heavy atom. The summed E-state index contributed by atoms with van der Waals surface area (Å²) in [5.41, 5.74) is 0.262. The normalized spacial score (nSPS) is 10.2. The fourth-order valence-electron chi connectivity index (χ4n) is 6.28. The second kappa shape index (κ2) is 29.4. The van der Waals surface area contributed by atoms with E-state index in [1.807, 2.05) is 22.6 Å². The van der Waals surface area contributed by atoms with Gasteiger partial charge >= 0.3 is 14.8 Å². The number of hydrogen-bond acceptors (Lipinski definition) is 8. The van der Waals surface area contributed by atoms with E-state index in [9.17, 15) is 52.7 Å². The van der Waals surface area contributed by atoms with Crippen LogP contribution in [-0.2, 0) is 0 Å². The predicted octanol–water partition coefficient (Wildman–Crippen LogP) is 13.1. The van der Waals surface area contributed by atoms with Crippen molar-refractivity contribution < 1.29 is 91.4 Å². The van der Waals surface area contributed by atoms with Crippen LogP contribution in [-0.4, -0.2) is 58.3 Å². The first-order valence-corrected chi connectivity index (χ1v) is 22.9. The zero-order chi connectivity index (χ0) is 56.4. The molecule has 8 aromatic carbocycles. The fraction of sp³-hybridized carbons (Fsp3) is 0.0769. The van der Waals surface area contributed by atoms with E-state index < -0.39 is 71.1 Å². The first-order valence-electron chi connectivity index (χ1n) is 21.1. The van der Waals surface area contributed by atoms with Gasteiger partial charge < -0.3 is 38.7 Å². The first kappa shape index (κ1) is 61.7. The molecule has 0 aliphatic rings. The summed E-state index contributed by atoms with van der Waals surface area (Å²) in [6.45, 7) is 0. The summed E-state index contributed by atoms with van der Waals surface area (Å²) < 4.78 is 183. The molecule has 0 bridgehead atoms. The highest BCUT2D eigenvalue weighted by molar-refractivity contribution is 14.1. The van der Waals surface area contributed by atoms with Crippen LogP contribution in [0.5, 0.6) is 28.7 Å². The smallest absolute Gasteiger partial charge is 0.535 e. The zero-order valence-electron chi connectivity index (χ0n) is 39.5. The van der Waals surface area contributed by atoms with Crippen molar-refractivity contribution in [2.45, 2.75) is 0 Å². The van der Waals surface area contributed by atoms with Gasteiger partial charge in [-0.2, -0.15) is 0 Å². The minimum atomic E-state index is -1.83. The van der Waals surface area contributed by atoms with Gasteiger partial charge in [0.25, 0.3) is 0 Å². The van der Waals surface area contributed by atoms with Crippen LogP contribution in [0.2, 0.25) is 0 Å². The van der Waals surface area contributed by atoms with Crippen molar-refractivity contribution >= 4 is 58.8 Å². The van der Waals surface area contributed by atoms with Crippen molar-refractivity contribution in [3.63, 3.8) is 0 Å². The van der Waals surface area contributed by atoms with Crippen LogP contribution >= 0.6 is 38.5 Å². The summed E-state index contributed by atoms with van der Waals surface area (Å²) in [6, 6.07) is 24.2. The molecule has 0 atom stereocenters. The Morgan fingerprint density at radius 2 is 0.776 bits per heavy atom. The second-order valence-corrected chi connectivity index (χ2v) is 16.9. The molecule has 0 unspecified atom stereocenters. The maximum atomic E-state index is 14.0. The SMILES string of the molecule is COc1cc(-c2cc(F)cc(F)c2)c(F)cc1I.COc1cc(-c2cc(F)cc(F)c2)c(F)cc1O[B]O.COc1ccc(F)c(-c2cc(F)cc(F)c2)c1.COc1ccc(F)c(Br)c1.OB(O)c1cc(F)cc(F)c1. The molecule has 3 N–H and O–H groups in total. The number of benzene rings is 8. The van der Waals surface area contributed by atoms with E-state index in [-0.39, 0.29) is 56.2 Å². The van der Waals surface area contributed by atoms with E-state index in [1.54, 1.807) is 19.2 Å². The van der Waals surface area contributed by atoms with Crippen LogP contribution in [0.15, 0.2) is 138 Å². The maximum absolute atomic E-state index is 14.0. The molecule has 1 radical (unpaired) electrons. The standard InChI is InChI=1S/C13H9BF3O3.C13H8F3IO.C13H9F3O.C7H6BrFO.C6H5BF2O2/c1-19-12-5-10(11(17)6-13(12)20-14-18)7-2-8(15)4-9(16)3-7;1-18-13-5-10(11(16)6-12(13)17)7-2-8(14)4-9(15)3-7;1-17-11-2-3-13(16)12(7-11)8-4-9(14)6-10(15)5-8;1-10-5-2-3-7(9)6(8)4-5;8-5-1-4(7(10)11)2-6(9)3-5/h2-6,18H,1H3;2-6H,1H3;2-7H,1H3;2-4H,1H3;1-3,10-11H. The second-order valence-electron chi connectivity index (χ2n) is 14.8. The highest BCUT2D eigenvalue weighted by Gasteiger charge is 2.17. The average molecular weight is 1250 g/mol. The molecule has 8 nitrogen and oxygen atoms in total. The van der Waals surface area contributed by atoms with Crippen molar-refractivity contribution in [3.05, 3.63) is 211 Å². The molecular weight excluding hydrogens is 1210 g/mol. The lowest BCUT2D eigenvalue weighted by Crippen LogP contribution is -2.30. The summed E-state index contributed by atoms with van der Waals surface area (Å²) in [5.74, 6) is -6.87. The van der Waals surface area contributed by atoms with Gasteiger partial charge in [0.15, 0.2) is 5.75 Å². The van der Waals surface area contributed by atoms with Gasteiger partial charge in [-0.05, 0) is 164 Å². The molecular formula is C52H37B2BrF12IO8. The van der Waals surface area contributed by atoms with Gasteiger partial charge in [-0.15, -0.1) is 0 Å². The molecule has 0 aliphatic carbocycles. The average Bonchev–Trinajstić information content (AvgIpc) is 3.35. The lowest BCUT2D eigenvalue weighted by atomic mass is 9.80. The molecule has 0 aliphatic heterocycles. The molecule has 24 heteroatoms. The number of rotatable bonds is 10. The van der Waals surface area contributed by atoms with Crippen molar-refractivity contribution in [2.75, 3.05) is 28.4 Å². The van der Waals surface area contributed by atoms with E-state index in [4.69, 9.17) is 34.0 Å². The van der Waals surface area contributed by atoms with Gasteiger partial charge in [-0.25, -0.2) is 52.7 Å². The molecule has 8 aromatic rings. The van der Waals surface area contributed by atoms with Crippen LogP contribution < -0.4 is 29.1 Å². The van der Waals surface area contributed by atoms with Crippen LogP contribution in [0, 0.1) is 73.4 Å². The van der Waals surface area contributed by atoms with E-state index in [1.165, 1.54) is 63.8 Å². The first-order chi connectivity index (χ1) is 36.0. The van der Waals surface area contributed by atoms with Crippen molar-refractivity contribution in [2.24, 2.45) is 0 Å². The number of methoxy groups -OCH3 is 4. The van der Waals surface area contributed by atoms with E-state index in [2.05, 4.69) is 20.6 Å². The van der Waals surface area contributed by atoms with E-state index in [0.29, 0.717) is 45.1 Å². The van der Waals surface area contributed by atoms with Crippen LogP contribution in [0.25, 0.3) is 33.4 Å². The van der Waals surface area contributed by atoms with Crippen LogP contribution in [0.1, 0.15) is 0 Å². The monoisotopic (exact) mass is 1250 g/mol. The summed E-state index contributed by atoms with van der Waals surface area (Å²) in [6.07, 6.45) is 0. The van der Waals surface area contributed by atoms with E-state index >= 15 is 0 Å². The fourth-order valence-corrected chi connectivity index (χ4v) is 7.29. The molecule has 0 amide bonds. The summed E-state index contributed by atoms with van der Waals surface area (Å²) in [7, 11) is 4.28. The van der Waals surface area contributed by atoms with Crippen LogP contribution in [0.3, 0.4) is 0 Å². The quantitative estimate of drug-likeness (QED) is 0.0706. The van der Waals surface area contributed by atoms with Crippen molar-refractivity contribution in [3.8, 4) is 62.1 Å². The third-order valence-electron chi connectivity index (χ3n) is 9.68. The Hall–Kier alpha value is -6.86. The molecule has 0 spiro atoms. The lowest BCUT2D eigenvalue weighted by Gasteiger charge is -2.12. The molecule has 76 heavy (non-hydrogen) atoms. The maximum Gasteiger partial charge on any atom is 0.569 e. The van der Waals surface area contributed by atoms with E-state index in [0.717, 1.165) is 66.7 Å². The molecule has 8 rings (SSSR count). The van der Waals surface area contributed by atoms with Crippen molar-refractivity contribution in [1.29, 1.82) is 0 Å². The Morgan fingerprint density at radius 3 is 1.16 bits per heavy atom. The number of hydrogen-bond donors (Lipinski definition) is 3. The van der Waals surface area contributed by atoms with Gasteiger partial charge in [0.05, 0.1) is 36.5 Å². The Kier molecular flexibility index (Phi) is 23.9. The molecule has 0 saturated carbocycles. The molecule has 0 fully saturated rings. The summed E-state index contributed by atoms with van der Waals surface area (Å²) >= 11 is 4.95. The third-order valence-corrected chi connectivity index (χ3v) is 11.1. The Balaban J connectivity index is 0.000000210. The molecule has 0 heterocycles. The predicted molar refractivity (Wildman–Crippen MR) is 273 cm³/mol. The Bertz CT molecular complexity index is 3170. The van der Waals surface area contributed by atoms with Gasteiger partial charge in [-0.3, -0.25) is 0 Å². The van der Waals surface area contributed by atoms with Gasteiger partial charge in [0, 0.05) is 47.0 Å². The highest BCUT2D eigenvalue weighted by atomic mass is 127. The van der Waals surface area contributed by atoms with Gasteiger partial charge in [0.2, 0.25) is 0 Å². The van der Waals surface area contributed by atoms with Gasteiger partial charge in [-0.1, -0.05) is 0 Å². The van der Waals surface area contributed by atoms with Crippen LogP contribution in [0.4, 0.5) is 52.7 Å². The molecule has 397 valence electrons. The number of halogens is 14. The number of ether oxygens (including phenoxy) is 4. The summed E-state index contributed by atoms with van der Waals surface area (Å²) in [5, 5.41) is 25.6.